The molecule has 0 aromatic carbocycles. The molecule has 194 valence electrons. The Morgan fingerprint density at radius 1 is 0.765 bits per heavy atom. The lowest BCUT2D eigenvalue weighted by molar-refractivity contribution is -0.255. The fourth-order valence-electron chi connectivity index (χ4n) is 11.6. The van der Waals surface area contributed by atoms with Gasteiger partial charge >= 0.3 is 0 Å². The average molecular weight is 475 g/mol. The van der Waals surface area contributed by atoms with Gasteiger partial charge in [0.15, 0.2) is 0 Å². The third kappa shape index (κ3) is 2.92. The number of aliphatic hydroxyl groups is 4. The van der Waals surface area contributed by atoms with Gasteiger partial charge in [0.25, 0.3) is 0 Å². The number of hydrogen-bond donors (Lipinski definition) is 4. The largest absolute Gasteiger partial charge is 0.396 e. The summed E-state index contributed by atoms with van der Waals surface area (Å²) >= 11 is 0. The van der Waals surface area contributed by atoms with Crippen molar-refractivity contribution >= 4 is 0 Å². The number of fused-ring (bicyclic) bond motifs is 7. The van der Waals surface area contributed by atoms with E-state index in [9.17, 15) is 20.4 Å². The van der Waals surface area contributed by atoms with Crippen molar-refractivity contribution in [2.45, 2.75) is 98.0 Å². The molecule has 5 unspecified atom stereocenters. The van der Waals surface area contributed by atoms with E-state index >= 15 is 0 Å². The molecule has 0 amide bonds. The molecular weight excluding hydrogens is 424 g/mol. The molecule has 0 aromatic rings. The smallest absolute Gasteiger partial charge is 0.0641 e. The molecule has 4 heteroatoms. The highest BCUT2D eigenvalue weighted by atomic mass is 16.3. The van der Waals surface area contributed by atoms with Crippen molar-refractivity contribution in [2.24, 2.45) is 56.7 Å². The van der Waals surface area contributed by atoms with Crippen molar-refractivity contribution in [3.8, 4) is 0 Å². The van der Waals surface area contributed by atoms with Gasteiger partial charge in [-0.2, -0.15) is 0 Å². The summed E-state index contributed by atoms with van der Waals surface area (Å²) in [5.41, 5.74) is 1.15. The molecule has 5 aliphatic rings. The van der Waals surface area contributed by atoms with E-state index in [0.29, 0.717) is 29.6 Å². The summed E-state index contributed by atoms with van der Waals surface area (Å²) < 4.78 is 0. The maximum Gasteiger partial charge on any atom is 0.0641 e. The zero-order valence-electron chi connectivity index (χ0n) is 22.2. The summed E-state index contributed by atoms with van der Waals surface area (Å²) in [5, 5.41) is 42.0. The summed E-state index contributed by atoms with van der Waals surface area (Å²) in [6, 6.07) is 0. The summed E-state index contributed by atoms with van der Waals surface area (Å²) in [4.78, 5) is 0. The van der Waals surface area contributed by atoms with Gasteiger partial charge < -0.3 is 20.4 Å². The van der Waals surface area contributed by atoms with Crippen LogP contribution in [0.3, 0.4) is 0 Å². The molecule has 0 heterocycles. The van der Waals surface area contributed by atoms with Crippen LogP contribution >= 0.6 is 0 Å². The van der Waals surface area contributed by atoms with Crippen LogP contribution in [0.4, 0.5) is 0 Å². The van der Waals surface area contributed by atoms with E-state index in [1.54, 1.807) is 0 Å². The Morgan fingerprint density at radius 2 is 1.50 bits per heavy atom. The first-order valence-corrected chi connectivity index (χ1v) is 14.2. The van der Waals surface area contributed by atoms with Gasteiger partial charge in [0.05, 0.1) is 19.3 Å². The second-order valence-corrected chi connectivity index (χ2v) is 14.4. The van der Waals surface area contributed by atoms with Gasteiger partial charge in [0.1, 0.15) is 0 Å². The van der Waals surface area contributed by atoms with Crippen LogP contribution in [0.15, 0.2) is 12.2 Å². The second-order valence-electron chi connectivity index (χ2n) is 14.4. The fourth-order valence-corrected chi connectivity index (χ4v) is 11.6. The van der Waals surface area contributed by atoms with Crippen molar-refractivity contribution in [1.29, 1.82) is 0 Å². The van der Waals surface area contributed by atoms with Crippen LogP contribution in [0.1, 0.15) is 91.9 Å². The molecule has 11 atom stereocenters. The van der Waals surface area contributed by atoms with E-state index < -0.39 is 11.5 Å². The predicted molar refractivity (Wildman–Crippen MR) is 135 cm³/mol. The summed E-state index contributed by atoms with van der Waals surface area (Å²) in [6.07, 6.45) is 10.5. The van der Waals surface area contributed by atoms with Gasteiger partial charge in [-0.15, -0.1) is 0 Å². The number of rotatable bonds is 4. The van der Waals surface area contributed by atoms with Crippen molar-refractivity contribution < 1.29 is 20.4 Å². The lowest BCUT2D eigenvalue weighted by Crippen LogP contribution is -2.67. The minimum absolute atomic E-state index is 0.00165. The molecular formula is C30H50O4. The van der Waals surface area contributed by atoms with Gasteiger partial charge in [-0.05, 0) is 121 Å². The second kappa shape index (κ2) is 8.04. The molecule has 4 N–H and O–H groups in total. The van der Waals surface area contributed by atoms with Crippen LogP contribution in [-0.4, -0.2) is 46.4 Å². The Balaban J connectivity index is 1.54. The number of hydrogen-bond acceptors (Lipinski definition) is 4. The first-order valence-electron chi connectivity index (χ1n) is 14.2. The van der Waals surface area contributed by atoms with Crippen LogP contribution in [0, 0.1) is 56.7 Å². The predicted octanol–water partition coefficient (Wildman–Crippen LogP) is 4.94. The van der Waals surface area contributed by atoms with E-state index in [1.807, 2.05) is 0 Å². The van der Waals surface area contributed by atoms with Crippen molar-refractivity contribution in [1.82, 2.24) is 0 Å². The topological polar surface area (TPSA) is 80.9 Å². The van der Waals surface area contributed by atoms with Crippen LogP contribution in [0.25, 0.3) is 0 Å². The first kappa shape index (κ1) is 25.2. The van der Waals surface area contributed by atoms with Crippen LogP contribution in [0.2, 0.25) is 0 Å². The third-order valence-corrected chi connectivity index (χ3v) is 13.8. The summed E-state index contributed by atoms with van der Waals surface area (Å²) in [6.45, 7) is 14.5. The standard InChI is InChI=1S/C30H50O4/c1-19(16-31)20-8-13-30(18-33)15-14-28(4)21(25(20)30)6-7-23-26(2)11-10-24(34)27(3,17-32)22(26)9-12-29(23,28)5/h20-25,31-34H,1,6-18H2,2-5H3/t20?,21?,22?,23?,24-,25?,26-,27-,28+,29+,30+/m0/s1. The number of aliphatic hydroxyl groups excluding tert-OH is 4. The van der Waals surface area contributed by atoms with E-state index in [4.69, 9.17) is 0 Å². The van der Waals surface area contributed by atoms with Crippen LogP contribution in [0.5, 0.6) is 0 Å². The normalized spacial score (nSPS) is 56.7. The van der Waals surface area contributed by atoms with Gasteiger partial charge in [-0.25, -0.2) is 0 Å². The van der Waals surface area contributed by atoms with Crippen molar-refractivity contribution in [3.05, 3.63) is 12.2 Å². The Morgan fingerprint density at radius 3 is 2.15 bits per heavy atom. The van der Waals surface area contributed by atoms with E-state index in [-0.39, 0.29) is 41.5 Å². The zero-order valence-corrected chi connectivity index (χ0v) is 22.2. The quantitative estimate of drug-likeness (QED) is 0.435. The molecule has 34 heavy (non-hydrogen) atoms. The highest BCUT2D eigenvalue weighted by Crippen LogP contribution is 2.77. The van der Waals surface area contributed by atoms with Crippen molar-refractivity contribution in [2.75, 3.05) is 19.8 Å². The molecule has 0 bridgehead atoms. The van der Waals surface area contributed by atoms with Crippen molar-refractivity contribution in [3.63, 3.8) is 0 Å². The lowest BCUT2D eigenvalue weighted by Gasteiger charge is -2.73. The highest BCUT2D eigenvalue weighted by Gasteiger charge is 2.71. The molecule has 0 spiro atoms. The Bertz CT molecular complexity index is 827. The molecule has 0 saturated heterocycles. The minimum Gasteiger partial charge on any atom is -0.396 e. The third-order valence-electron chi connectivity index (χ3n) is 13.8. The molecule has 5 aliphatic carbocycles. The molecule has 0 aliphatic heterocycles. The average Bonchev–Trinajstić information content (AvgIpc) is 3.22. The summed E-state index contributed by atoms with van der Waals surface area (Å²) in [5.74, 6) is 2.27. The maximum atomic E-state index is 10.9. The SMILES string of the molecule is C=C(CO)C1CC[C@]2(CO)CC[C@]3(C)C(CCC4[C@@]5(C)CC[C@H](O)[C@@](C)(CO)C5CC[C@]43C)C12. The Hall–Kier alpha value is -0.420. The van der Waals surface area contributed by atoms with Crippen LogP contribution in [-0.2, 0) is 0 Å². The maximum absolute atomic E-state index is 10.9. The Kier molecular flexibility index (Phi) is 5.97. The fraction of sp³-hybridized carbons (Fsp3) is 0.933. The summed E-state index contributed by atoms with van der Waals surface area (Å²) in [7, 11) is 0. The molecule has 5 saturated carbocycles. The molecule has 5 fully saturated rings. The van der Waals surface area contributed by atoms with Crippen LogP contribution < -0.4 is 0 Å². The van der Waals surface area contributed by atoms with Gasteiger partial charge in [-0.1, -0.05) is 34.3 Å². The van der Waals surface area contributed by atoms with E-state index in [0.717, 1.165) is 50.5 Å². The first-order chi connectivity index (χ1) is 16.0. The highest BCUT2D eigenvalue weighted by molar-refractivity contribution is 5.22. The van der Waals surface area contributed by atoms with E-state index in [1.165, 1.54) is 19.3 Å². The molecule has 0 aromatic heterocycles. The molecule has 4 nitrogen and oxygen atoms in total. The van der Waals surface area contributed by atoms with E-state index in [2.05, 4.69) is 34.3 Å². The zero-order chi connectivity index (χ0) is 24.7. The van der Waals surface area contributed by atoms with Gasteiger partial charge in [-0.3, -0.25) is 0 Å². The molecule has 5 rings (SSSR count). The molecule has 0 radical (unpaired) electrons. The monoisotopic (exact) mass is 474 g/mol. The lowest BCUT2D eigenvalue weighted by atomic mass is 9.32. The van der Waals surface area contributed by atoms with Gasteiger partial charge in [0, 0.05) is 12.0 Å². The van der Waals surface area contributed by atoms with Gasteiger partial charge in [0.2, 0.25) is 0 Å². The Labute approximate surface area is 207 Å². The minimum atomic E-state index is -0.407.